The van der Waals surface area contributed by atoms with Crippen molar-refractivity contribution >= 4 is 64.6 Å². The molecule has 166 valence electrons. The summed E-state index contributed by atoms with van der Waals surface area (Å²) >= 11 is 0. The molecule has 0 unspecified atom stereocenters. The molecule has 0 radical (unpaired) electrons. The van der Waals surface area contributed by atoms with E-state index in [0.29, 0.717) is 0 Å². The highest BCUT2D eigenvalue weighted by Crippen LogP contribution is 2.44. The molecule has 0 heterocycles. The SMILES string of the molecule is c1ccc2cc(-c3cc4c5ccccc5c5c6ccccc6ccc5c4c4ccccc34)ccc2c1. The second-order valence-corrected chi connectivity index (χ2v) is 9.71. The molecule has 0 heteroatoms. The molecular formula is C36H22. The Balaban J connectivity index is 1.62. The van der Waals surface area contributed by atoms with Crippen LogP contribution in [0.5, 0.6) is 0 Å². The normalized spacial score (nSPS) is 11.9. The van der Waals surface area contributed by atoms with Crippen LogP contribution in [0, 0.1) is 0 Å². The minimum Gasteiger partial charge on any atom is -0.0616 e. The lowest BCUT2D eigenvalue weighted by molar-refractivity contribution is 1.70. The van der Waals surface area contributed by atoms with Gasteiger partial charge in [0.2, 0.25) is 0 Å². The predicted molar refractivity (Wildman–Crippen MR) is 157 cm³/mol. The average Bonchev–Trinajstić information content (AvgIpc) is 2.96. The van der Waals surface area contributed by atoms with Crippen LogP contribution in [0.4, 0.5) is 0 Å². The van der Waals surface area contributed by atoms with Crippen LogP contribution in [0.25, 0.3) is 75.8 Å². The molecule has 0 saturated carbocycles. The zero-order valence-electron chi connectivity index (χ0n) is 19.7. The third-order valence-corrected chi connectivity index (χ3v) is 7.79. The predicted octanol–water partition coefficient (Wildman–Crippen LogP) is 10.3. The lowest BCUT2D eigenvalue weighted by atomic mass is 9.86. The van der Waals surface area contributed by atoms with Gasteiger partial charge < -0.3 is 0 Å². The molecule has 8 rings (SSSR count). The molecule has 0 nitrogen and oxygen atoms in total. The van der Waals surface area contributed by atoms with Crippen LogP contribution in [0.3, 0.4) is 0 Å². The van der Waals surface area contributed by atoms with Crippen molar-refractivity contribution in [2.75, 3.05) is 0 Å². The highest BCUT2D eigenvalue weighted by Gasteiger charge is 2.16. The van der Waals surface area contributed by atoms with Crippen molar-refractivity contribution in [2.45, 2.75) is 0 Å². The molecule has 0 fully saturated rings. The fraction of sp³-hybridized carbons (Fsp3) is 0. The van der Waals surface area contributed by atoms with E-state index in [1.54, 1.807) is 0 Å². The number of rotatable bonds is 1. The maximum absolute atomic E-state index is 2.43. The Morgan fingerprint density at radius 1 is 0.278 bits per heavy atom. The van der Waals surface area contributed by atoms with Crippen molar-refractivity contribution in [1.82, 2.24) is 0 Å². The summed E-state index contributed by atoms with van der Waals surface area (Å²) in [7, 11) is 0. The Bertz CT molecular complexity index is 2150. The van der Waals surface area contributed by atoms with Crippen LogP contribution in [-0.4, -0.2) is 0 Å². The molecule has 0 amide bonds. The van der Waals surface area contributed by atoms with Crippen molar-refractivity contribution < 1.29 is 0 Å². The largest absolute Gasteiger partial charge is 0.0616 e. The number of hydrogen-bond acceptors (Lipinski definition) is 0. The standard InChI is InChI=1S/C36H22/c1-2-11-25-21-26(18-17-23(25)9-1)33-22-34-29-14-6-8-16-31(29)35-27-12-4-3-10-24(27)19-20-32(35)36(34)30-15-7-5-13-28(30)33/h1-22H. The van der Waals surface area contributed by atoms with Crippen LogP contribution >= 0.6 is 0 Å². The van der Waals surface area contributed by atoms with Crippen LogP contribution in [0.2, 0.25) is 0 Å². The van der Waals surface area contributed by atoms with Crippen LogP contribution < -0.4 is 0 Å². The lowest BCUT2D eigenvalue weighted by Crippen LogP contribution is -1.89. The van der Waals surface area contributed by atoms with Crippen LogP contribution in [0.1, 0.15) is 0 Å². The summed E-state index contributed by atoms with van der Waals surface area (Å²) in [5.41, 5.74) is 2.55. The maximum atomic E-state index is 2.43. The molecule has 0 atom stereocenters. The molecule has 8 aromatic rings. The second-order valence-electron chi connectivity index (χ2n) is 9.71. The van der Waals surface area contributed by atoms with Crippen molar-refractivity contribution in [3.05, 3.63) is 133 Å². The van der Waals surface area contributed by atoms with E-state index in [0.717, 1.165) is 0 Å². The summed E-state index contributed by atoms with van der Waals surface area (Å²) in [6, 6.07) is 49.1. The van der Waals surface area contributed by atoms with Crippen molar-refractivity contribution in [3.8, 4) is 11.1 Å². The Hall–Kier alpha value is -4.68. The van der Waals surface area contributed by atoms with E-state index < -0.39 is 0 Å². The smallest absolute Gasteiger partial charge is 0.00197 e. The summed E-state index contributed by atoms with van der Waals surface area (Å²) < 4.78 is 0. The van der Waals surface area contributed by atoms with Gasteiger partial charge >= 0.3 is 0 Å². The van der Waals surface area contributed by atoms with E-state index in [9.17, 15) is 0 Å². The third-order valence-electron chi connectivity index (χ3n) is 7.79. The highest BCUT2D eigenvalue weighted by atomic mass is 14.2. The van der Waals surface area contributed by atoms with Gasteiger partial charge in [0.25, 0.3) is 0 Å². The van der Waals surface area contributed by atoms with Gasteiger partial charge in [0.15, 0.2) is 0 Å². The number of hydrogen-bond donors (Lipinski definition) is 0. The minimum atomic E-state index is 1.26. The molecule has 0 N–H and O–H groups in total. The second kappa shape index (κ2) is 7.41. The molecule has 36 heavy (non-hydrogen) atoms. The number of fused-ring (bicyclic) bond motifs is 11. The van der Waals surface area contributed by atoms with Gasteiger partial charge in [0.1, 0.15) is 0 Å². The van der Waals surface area contributed by atoms with Gasteiger partial charge in [-0.2, -0.15) is 0 Å². The first-order valence-electron chi connectivity index (χ1n) is 12.5. The van der Waals surface area contributed by atoms with Crippen molar-refractivity contribution in [1.29, 1.82) is 0 Å². The van der Waals surface area contributed by atoms with E-state index in [-0.39, 0.29) is 0 Å². The topological polar surface area (TPSA) is 0 Å². The monoisotopic (exact) mass is 454 g/mol. The van der Waals surface area contributed by atoms with E-state index in [2.05, 4.69) is 133 Å². The van der Waals surface area contributed by atoms with Gasteiger partial charge in [0.05, 0.1) is 0 Å². The summed E-state index contributed by atoms with van der Waals surface area (Å²) in [6.07, 6.45) is 0. The van der Waals surface area contributed by atoms with E-state index in [1.165, 1.54) is 75.8 Å². The zero-order chi connectivity index (χ0) is 23.6. The van der Waals surface area contributed by atoms with Crippen LogP contribution in [0.15, 0.2) is 133 Å². The summed E-state index contributed by atoms with van der Waals surface area (Å²) in [6.45, 7) is 0. The highest BCUT2D eigenvalue weighted by molar-refractivity contribution is 6.36. The van der Waals surface area contributed by atoms with E-state index in [1.807, 2.05) is 0 Å². The van der Waals surface area contributed by atoms with Gasteiger partial charge in [-0.3, -0.25) is 0 Å². The van der Waals surface area contributed by atoms with Gasteiger partial charge in [-0.15, -0.1) is 0 Å². The van der Waals surface area contributed by atoms with Gasteiger partial charge in [-0.05, 0) is 87.9 Å². The minimum absolute atomic E-state index is 1.26. The summed E-state index contributed by atoms with van der Waals surface area (Å²) in [4.78, 5) is 0. The third kappa shape index (κ3) is 2.70. The summed E-state index contributed by atoms with van der Waals surface area (Å²) in [5, 5.41) is 15.7. The number of benzene rings is 8. The summed E-state index contributed by atoms with van der Waals surface area (Å²) in [5.74, 6) is 0. The molecule has 0 spiro atoms. The van der Waals surface area contributed by atoms with Gasteiger partial charge in [-0.1, -0.05) is 121 Å². The molecule has 8 aromatic carbocycles. The van der Waals surface area contributed by atoms with E-state index in [4.69, 9.17) is 0 Å². The molecule has 0 aliphatic heterocycles. The molecule has 0 bridgehead atoms. The lowest BCUT2D eigenvalue weighted by Gasteiger charge is -2.17. The fourth-order valence-electron chi connectivity index (χ4n) is 6.18. The van der Waals surface area contributed by atoms with Gasteiger partial charge in [-0.25, -0.2) is 0 Å². The average molecular weight is 455 g/mol. The van der Waals surface area contributed by atoms with Gasteiger partial charge in [0, 0.05) is 0 Å². The van der Waals surface area contributed by atoms with Crippen molar-refractivity contribution in [2.24, 2.45) is 0 Å². The zero-order valence-corrected chi connectivity index (χ0v) is 19.7. The van der Waals surface area contributed by atoms with Crippen molar-refractivity contribution in [3.63, 3.8) is 0 Å². The Morgan fingerprint density at radius 3 is 1.64 bits per heavy atom. The van der Waals surface area contributed by atoms with E-state index >= 15 is 0 Å². The Labute approximate surface area is 209 Å². The van der Waals surface area contributed by atoms with Crippen LogP contribution in [-0.2, 0) is 0 Å². The molecule has 0 saturated heterocycles. The first-order chi connectivity index (χ1) is 17.9. The first-order valence-corrected chi connectivity index (χ1v) is 12.5. The molecular weight excluding hydrogens is 432 g/mol. The fourth-order valence-corrected chi connectivity index (χ4v) is 6.18. The first kappa shape index (κ1) is 19.6. The Kier molecular flexibility index (Phi) is 4.03. The maximum Gasteiger partial charge on any atom is -0.00197 e. The quantitative estimate of drug-likeness (QED) is 0.216. The molecule has 0 aliphatic rings. The Morgan fingerprint density at radius 2 is 0.833 bits per heavy atom. The molecule has 0 aromatic heterocycles. The molecule has 0 aliphatic carbocycles.